The van der Waals surface area contributed by atoms with Crippen LogP contribution >= 0.6 is 46.4 Å². The third-order valence-electron chi connectivity index (χ3n) is 4.44. The molecule has 0 heterocycles. The molecule has 10 heteroatoms. The lowest BCUT2D eigenvalue weighted by Crippen LogP contribution is -2.38. The molecule has 3 N–H and O–H groups in total. The zero-order valence-electron chi connectivity index (χ0n) is 14.3. The third kappa shape index (κ3) is 3.44. The van der Waals surface area contributed by atoms with Crippen LogP contribution in [0.5, 0.6) is 11.5 Å². The van der Waals surface area contributed by atoms with Crippen LogP contribution in [0.25, 0.3) is 0 Å². The first kappa shape index (κ1) is 22.0. The molecule has 0 aliphatic carbocycles. The van der Waals surface area contributed by atoms with E-state index in [4.69, 9.17) is 46.4 Å². The molecule has 29 heavy (non-hydrogen) atoms. The van der Waals surface area contributed by atoms with Crippen LogP contribution in [0.15, 0.2) is 54.6 Å². The van der Waals surface area contributed by atoms with Gasteiger partial charge in [-0.15, -0.1) is 0 Å². The Hall–Kier alpha value is -1.67. The number of para-hydroxylation sites is 1. The van der Waals surface area contributed by atoms with E-state index in [1.807, 2.05) is 0 Å². The molecule has 0 aliphatic rings. The minimum absolute atomic E-state index is 0.0137. The molecule has 0 spiro atoms. The van der Waals surface area contributed by atoms with Gasteiger partial charge in [-0.3, -0.25) is 4.55 Å². The van der Waals surface area contributed by atoms with Crippen molar-refractivity contribution in [3.63, 3.8) is 0 Å². The SMILES string of the molecule is O=S(=O)(O)C(c1ccccc1)(c1cccc(Cl)c1O)c1cc(O)c(Cl)c(Cl)c1Cl. The van der Waals surface area contributed by atoms with Crippen LogP contribution in [0.2, 0.25) is 20.1 Å². The zero-order valence-corrected chi connectivity index (χ0v) is 18.1. The fraction of sp³-hybridized carbons (Fsp3) is 0.0526. The maximum absolute atomic E-state index is 13.0. The molecule has 1 unspecified atom stereocenters. The smallest absolute Gasteiger partial charge is 0.283 e. The second-order valence-electron chi connectivity index (χ2n) is 6.04. The van der Waals surface area contributed by atoms with Crippen LogP contribution in [0.3, 0.4) is 0 Å². The quantitative estimate of drug-likeness (QED) is 0.239. The Balaban J connectivity index is 2.65. The van der Waals surface area contributed by atoms with Crippen LogP contribution in [0, 0.1) is 0 Å². The molecule has 0 amide bonds. The van der Waals surface area contributed by atoms with Gasteiger partial charge in [0, 0.05) is 11.1 Å². The highest BCUT2D eigenvalue weighted by Crippen LogP contribution is 2.53. The predicted molar refractivity (Wildman–Crippen MR) is 114 cm³/mol. The fourth-order valence-corrected chi connectivity index (χ4v) is 5.43. The average molecular weight is 494 g/mol. The number of hydrogen-bond acceptors (Lipinski definition) is 4. The first-order valence-electron chi connectivity index (χ1n) is 7.91. The van der Waals surface area contributed by atoms with Crippen LogP contribution in [0.1, 0.15) is 16.7 Å². The largest absolute Gasteiger partial charge is 0.506 e. The molecule has 3 aromatic carbocycles. The zero-order chi connectivity index (χ0) is 21.6. The monoisotopic (exact) mass is 492 g/mol. The first-order chi connectivity index (χ1) is 13.5. The van der Waals surface area contributed by atoms with Crippen molar-refractivity contribution in [2.75, 3.05) is 0 Å². The van der Waals surface area contributed by atoms with Crippen LogP contribution < -0.4 is 0 Å². The normalized spacial score (nSPS) is 13.8. The third-order valence-corrected chi connectivity index (χ3v) is 7.54. The lowest BCUT2D eigenvalue weighted by molar-refractivity contribution is 0.439. The van der Waals surface area contributed by atoms with Crippen LogP contribution in [0.4, 0.5) is 0 Å². The van der Waals surface area contributed by atoms with E-state index >= 15 is 0 Å². The maximum Gasteiger partial charge on any atom is 0.283 e. The van der Waals surface area contributed by atoms with Gasteiger partial charge in [-0.2, -0.15) is 8.42 Å². The summed E-state index contributed by atoms with van der Waals surface area (Å²) in [6, 6.07) is 12.5. The van der Waals surface area contributed by atoms with Gasteiger partial charge in [0.1, 0.15) is 16.5 Å². The van der Waals surface area contributed by atoms with Gasteiger partial charge in [-0.05, 0) is 17.7 Å². The van der Waals surface area contributed by atoms with Crippen molar-refractivity contribution < 1.29 is 23.2 Å². The van der Waals surface area contributed by atoms with Gasteiger partial charge in [0.05, 0.1) is 15.1 Å². The molecule has 0 fully saturated rings. The standard InChI is InChI=1S/C19H12Cl4O5S/c20-13-8-4-7-11(18(13)25)19(29(26,27)28,10-5-2-1-3-6-10)12-9-14(24)16(22)17(23)15(12)21/h1-9,24-25H,(H,26,27,28). The van der Waals surface area contributed by atoms with Crippen molar-refractivity contribution >= 4 is 56.5 Å². The number of hydrogen-bond donors (Lipinski definition) is 3. The predicted octanol–water partition coefficient (Wildman–Crippen LogP) is 5.89. The lowest BCUT2D eigenvalue weighted by Gasteiger charge is -2.34. The number of halogens is 4. The topological polar surface area (TPSA) is 94.8 Å². The molecular formula is C19H12Cl4O5S. The minimum Gasteiger partial charge on any atom is -0.506 e. The molecule has 0 saturated carbocycles. The van der Waals surface area contributed by atoms with E-state index in [1.165, 1.54) is 42.5 Å². The Bertz CT molecular complexity index is 1200. The highest BCUT2D eigenvalue weighted by atomic mass is 35.5. The number of aromatic hydroxyl groups is 2. The number of phenols is 2. The molecule has 152 valence electrons. The second kappa shape index (κ2) is 7.87. The Labute approximate surface area is 186 Å². The van der Waals surface area contributed by atoms with Crippen molar-refractivity contribution in [2.45, 2.75) is 4.75 Å². The fourth-order valence-electron chi connectivity index (χ4n) is 3.20. The molecule has 0 aliphatic heterocycles. The summed E-state index contributed by atoms with van der Waals surface area (Å²) in [6.07, 6.45) is 0. The maximum atomic E-state index is 13.0. The van der Waals surface area contributed by atoms with E-state index in [-0.39, 0.29) is 36.8 Å². The van der Waals surface area contributed by atoms with E-state index in [0.29, 0.717) is 0 Å². The van der Waals surface area contributed by atoms with Gasteiger partial charge < -0.3 is 10.2 Å². The van der Waals surface area contributed by atoms with Crippen molar-refractivity contribution in [2.24, 2.45) is 0 Å². The van der Waals surface area contributed by atoms with Gasteiger partial charge in [0.15, 0.2) is 4.75 Å². The molecule has 0 radical (unpaired) electrons. The van der Waals surface area contributed by atoms with Gasteiger partial charge in [-0.25, -0.2) is 0 Å². The molecule has 3 aromatic rings. The molecular weight excluding hydrogens is 482 g/mol. The molecule has 0 saturated heterocycles. The van der Waals surface area contributed by atoms with Crippen molar-refractivity contribution in [1.29, 1.82) is 0 Å². The Morgan fingerprint density at radius 2 is 1.38 bits per heavy atom. The van der Waals surface area contributed by atoms with Crippen LogP contribution in [-0.2, 0) is 14.9 Å². The average Bonchev–Trinajstić information content (AvgIpc) is 2.67. The van der Waals surface area contributed by atoms with Crippen molar-refractivity contribution in [1.82, 2.24) is 0 Å². The molecule has 3 rings (SSSR count). The summed E-state index contributed by atoms with van der Waals surface area (Å²) in [5, 5.41) is 19.7. The Kier molecular flexibility index (Phi) is 5.98. The summed E-state index contributed by atoms with van der Waals surface area (Å²) in [7, 11) is -5.11. The summed E-state index contributed by atoms with van der Waals surface area (Å²) in [5.41, 5.74) is -0.601. The first-order valence-corrected chi connectivity index (χ1v) is 10.9. The highest BCUT2D eigenvalue weighted by molar-refractivity contribution is 7.87. The van der Waals surface area contributed by atoms with Crippen LogP contribution in [-0.4, -0.2) is 23.2 Å². The van der Waals surface area contributed by atoms with Crippen molar-refractivity contribution in [3.8, 4) is 11.5 Å². The lowest BCUT2D eigenvalue weighted by atomic mass is 9.83. The molecule has 0 aromatic heterocycles. The highest BCUT2D eigenvalue weighted by Gasteiger charge is 2.52. The molecule has 5 nitrogen and oxygen atoms in total. The molecule has 0 bridgehead atoms. The minimum atomic E-state index is -5.11. The second-order valence-corrected chi connectivity index (χ2v) is 9.15. The number of rotatable bonds is 4. The number of benzene rings is 3. The molecule has 1 atom stereocenters. The number of phenolic OH excluding ortho intramolecular Hbond substituents is 2. The van der Waals surface area contributed by atoms with Gasteiger partial charge >= 0.3 is 0 Å². The van der Waals surface area contributed by atoms with Gasteiger partial charge in [-0.1, -0.05) is 88.9 Å². The summed E-state index contributed by atoms with van der Waals surface area (Å²) in [5.74, 6) is -1.17. The summed E-state index contributed by atoms with van der Waals surface area (Å²) in [6.45, 7) is 0. The van der Waals surface area contributed by atoms with E-state index in [0.717, 1.165) is 6.07 Å². The van der Waals surface area contributed by atoms with E-state index in [9.17, 15) is 23.2 Å². The Morgan fingerprint density at radius 1 is 0.759 bits per heavy atom. The van der Waals surface area contributed by atoms with E-state index in [2.05, 4.69) is 0 Å². The van der Waals surface area contributed by atoms with Gasteiger partial charge in [0.25, 0.3) is 10.1 Å². The summed E-state index contributed by atoms with van der Waals surface area (Å²) < 4.78 is 33.9. The summed E-state index contributed by atoms with van der Waals surface area (Å²) in [4.78, 5) is 0. The van der Waals surface area contributed by atoms with Gasteiger partial charge in [0.2, 0.25) is 0 Å². The summed E-state index contributed by atoms with van der Waals surface area (Å²) >= 11 is 24.4. The van der Waals surface area contributed by atoms with E-state index in [1.54, 1.807) is 6.07 Å². The Morgan fingerprint density at radius 3 is 1.97 bits per heavy atom. The van der Waals surface area contributed by atoms with Crippen molar-refractivity contribution in [3.05, 3.63) is 91.4 Å². The van der Waals surface area contributed by atoms with E-state index < -0.39 is 26.4 Å².